The molecule has 6 nitrogen and oxygen atoms in total. The summed E-state index contributed by atoms with van der Waals surface area (Å²) in [4.78, 5) is 0. The van der Waals surface area contributed by atoms with Gasteiger partial charge in [0.05, 0.1) is 7.11 Å². The van der Waals surface area contributed by atoms with Gasteiger partial charge in [0, 0.05) is 6.04 Å². The summed E-state index contributed by atoms with van der Waals surface area (Å²) >= 11 is 0. The lowest BCUT2D eigenvalue weighted by Gasteiger charge is -2.06. The molecule has 0 amide bonds. The van der Waals surface area contributed by atoms with E-state index in [0.717, 1.165) is 11.3 Å². The van der Waals surface area contributed by atoms with Crippen LogP contribution < -0.4 is 15.2 Å². The summed E-state index contributed by atoms with van der Waals surface area (Å²) in [6.45, 7) is 4.20. The molecule has 0 spiro atoms. The smallest absolute Gasteiger partial charge is 0.253 e. The second-order valence-electron chi connectivity index (χ2n) is 4.85. The number of nitrogens with zero attached hydrogens (tertiary/aromatic N) is 3. The average Bonchev–Trinajstić information content (AvgIpc) is 2.81. The molecule has 21 heavy (non-hydrogen) atoms. The predicted octanol–water partition coefficient (Wildman–Crippen LogP) is 2.51. The largest absolute Gasteiger partial charge is 0.497 e. The van der Waals surface area contributed by atoms with Crippen LogP contribution >= 0.6 is 0 Å². The van der Waals surface area contributed by atoms with Crippen LogP contribution in [0.4, 0.5) is 5.82 Å². The zero-order valence-electron chi connectivity index (χ0n) is 12.3. The van der Waals surface area contributed by atoms with Gasteiger partial charge >= 0.3 is 0 Å². The molecule has 1 aromatic heterocycles. The van der Waals surface area contributed by atoms with E-state index in [-0.39, 0.29) is 17.5 Å². The highest BCUT2D eigenvalue weighted by Crippen LogP contribution is 2.26. The molecule has 1 heterocycles. The third kappa shape index (κ3) is 3.08. The molecule has 0 saturated carbocycles. The molecule has 110 valence electrons. The first-order valence-corrected chi connectivity index (χ1v) is 6.60. The van der Waals surface area contributed by atoms with Gasteiger partial charge in [-0.15, -0.1) is 5.10 Å². The van der Waals surface area contributed by atoms with Crippen molar-refractivity contribution in [1.82, 2.24) is 9.78 Å². The van der Waals surface area contributed by atoms with Crippen LogP contribution in [0.3, 0.4) is 0 Å². The van der Waals surface area contributed by atoms with Gasteiger partial charge in [-0.25, -0.2) is 4.68 Å². The lowest BCUT2D eigenvalue weighted by atomic mass is 10.2. The van der Waals surface area contributed by atoms with Gasteiger partial charge in [-0.2, -0.15) is 5.26 Å². The highest BCUT2D eigenvalue weighted by Gasteiger charge is 2.18. The Morgan fingerprint density at radius 1 is 1.33 bits per heavy atom. The minimum Gasteiger partial charge on any atom is -0.497 e. The summed E-state index contributed by atoms with van der Waals surface area (Å²) in [6, 6.07) is 9.60. The Balaban J connectivity index is 2.16. The first-order chi connectivity index (χ1) is 10.1. The van der Waals surface area contributed by atoms with Crippen LogP contribution in [-0.2, 0) is 6.61 Å². The molecule has 2 rings (SSSR count). The first-order valence-electron chi connectivity index (χ1n) is 6.60. The highest BCUT2D eigenvalue weighted by atomic mass is 16.5. The number of anilines is 1. The fraction of sp³-hybridized carbons (Fsp3) is 0.333. The van der Waals surface area contributed by atoms with Crippen LogP contribution in [0.2, 0.25) is 0 Å². The summed E-state index contributed by atoms with van der Waals surface area (Å²) in [7, 11) is 1.62. The number of aromatic nitrogens is 2. The number of rotatable bonds is 5. The van der Waals surface area contributed by atoms with Gasteiger partial charge in [0.25, 0.3) is 5.88 Å². The number of benzene rings is 1. The van der Waals surface area contributed by atoms with Gasteiger partial charge in [0.2, 0.25) is 0 Å². The van der Waals surface area contributed by atoms with Crippen LogP contribution in [0, 0.1) is 11.3 Å². The number of hydrogen-bond acceptors (Lipinski definition) is 5. The zero-order valence-corrected chi connectivity index (χ0v) is 12.3. The van der Waals surface area contributed by atoms with E-state index < -0.39 is 0 Å². The van der Waals surface area contributed by atoms with E-state index in [9.17, 15) is 5.26 Å². The lowest BCUT2D eigenvalue weighted by molar-refractivity contribution is 0.287. The predicted molar refractivity (Wildman–Crippen MR) is 79.1 cm³/mol. The summed E-state index contributed by atoms with van der Waals surface area (Å²) < 4.78 is 12.3. The van der Waals surface area contributed by atoms with Crippen LogP contribution in [0.15, 0.2) is 24.3 Å². The van der Waals surface area contributed by atoms with Crippen molar-refractivity contribution in [3.8, 4) is 17.7 Å². The molecular formula is C15H18N4O2. The van der Waals surface area contributed by atoms with Crippen LogP contribution in [0.5, 0.6) is 11.6 Å². The van der Waals surface area contributed by atoms with Crippen molar-refractivity contribution in [3.63, 3.8) is 0 Å². The number of ether oxygens (including phenoxy) is 2. The maximum atomic E-state index is 9.18. The fourth-order valence-electron chi connectivity index (χ4n) is 1.90. The summed E-state index contributed by atoms with van der Waals surface area (Å²) in [5.41, 5.74) is 7.13. The van der Waals surface area contributed by atoms with Crippen molar-refractivity contribution in [3.05, 3.63) is 35.4 Å². The minimum atomic E-state index is 0.0652. The van der Waals surface area contributed by atoms with Crippen molar-refractivity contribution >= 4 is 5.82 Å². The van der Waals surface area contributed by atoms with Gasteiger partial charge < -0.3 is 15.2 Å². The molecule has 6 heteroatoms. The highest BCUT2D eigenvalue weighted by molar-refractivity contribution is 5.55. The van der Waals surface area contributed by atoms with Crippen LogP contribution in [-0.4, -0.2) is 16.9 Å². The normalized spacial score (nSPS) is 10.4. The van der Waals surface area contributed by atoms with E-state index in [1.165, 1.54) is 0 Å². The fourth-order valence-corrected chi connectivity index (χ4v) is 1.90. The Morgan fingerprint density at radius 3 is 2.52 bits per heavy atom. The molecule has 1 aromatic carbocycles. The van der Waals surface area contributed by atoms with Gasteiger partial charge in [0.1, 0.15) is 24.2 Å². The maximum absolute atomic E-state index is 9.18. The van der Waals surface area contributed by atoms with Crippen molar-refractivity contribution in [2.45, 2.75) is 26.5 Å². The van der Waals surface area contributed by atoms with Crippen molar-refractivity contribution in [1.29, 1.82) is 5.26 Å². The van der Waals surface area contributed by atoms with E-state index in [2.05, 4.69) is 5.10 Å². The number of nitrogens with two attached hydrogens (primary N) is 1. The van der Waals surface area contributed by atoms with Gasteiger partial charge in [-0.1, -0.05) is 12.1 Å². The van der Waals surface area contributed by atoms with Gasteiger partial charge in [0.15, 0.2) is 5.56 Å². The third-order valence-electron chi connectivity index (χ3n) is 3.05. The van der Waals surface area contributed by atoms with Gasteiger partial charge in [-0.3, -0.25) is 0 Å². The summed E-state index contributed by atoms with van der Waals surface area (Å²) in [6.07, 6.45) is 0. The molecule has 0 aliphatic rings. The Morgan fingerprint density at radius 2 is 2.00 bits per heavy atom. The first kappa shape index (κ1) is 14.7. The lowest BCUT2D eigenvalue weighted by Crippen LogP contribution is -2.07. The quantitative estimate of drug-likeness (QED) is 0.912. The SMILES string of the molecule is COc1ccc(COc2nn(C(C)C)c(N)c2C#N)cc1. The molecule has 0 unspecified atom stereocenters. The molecule has 0 saturated heterocycles. The molecule has 0 bridgehead atoms. The summed E-state index contributed by atoms with van der Waals surface area (Å²) in [5, 5.41) is 13.4. The molecule has 0 atom stereocenters. The number of hydrogen-bond donors (Lipinski definition) is 1. The zero-order chi connectivity index (χ0) is 15.4. The molecule has 0 radical (unpaired) electrons. The molecular weight excluding hydrogens is 268 g/mol. The Hall–Kier alpha value is -2.68. The Kier molecular flexibility index (Phi) is 4.33. The van der Waals surface area contributed by atoms with Crippen molar-refractivity contribution in [2.75, 3.05) is 12.8 Å². The second-order valence-corrected chi connectivity index (χ2v) is 4.85. The van der Waals surface area contributed by atoms with Crippen molar-refractivity contribution in [2.24, 2.45) is 0 Å². The van der Waals surface area contributed by atoms with E-state index in [1.807, 2.05) is 44.2 Å². The van der Waals surface area contributed by atoms with Gasteiger partial charge in [-0.05, 0) is 31.5 Å². The second kappa shape index (κ2) is 6.18. The third-order valence-corrected chi connectivity index (χ3v) is 3.05. The van der Waals surface area contributed by atoms with E-state index in [0.29, 0.717) is 12.4 Å². The number of nitriles is 1. The van der Waals surface area contributed by atoms with Crippen LogP contribution in [0.25, 0.3) is 0 Å². The van der Waals surface area contributed by atoms with E-state index in [1.54, 1.807) is 11.8 Å². The molecule has 0 fully saturated rings. The number of methoxy groups -OCH3 is 1. The standard InChI is InChI=1S/C15H18N4O2/c1-10(2)19-14(17)13(8-16)15(18-19)21-9-11-4-6-12(20-3)7-5-11/h4-7,10H,9,17H2,1-3H3. The minimum absolute atomic E-state index is 0.0652. The van der Waals surface area contributed by atoms with Crippen molar-refractivity contribution < 1.29 is 9.47 Å². The molecule has 2 aromatic rings. The Bertz CT molecular complexity index is 654. The molecule has 0 aliphatic carbocycles. The Labute approximate surface area is 123 Å². The topological polar surface area (TPSA) is 86.1 Å². The van der Waals surface area contributed by atoms with Crippen LogP contribution in [0.1, 0.15) is 31.0 Å². The molecule has 2 N–H and O–H groups in total. The average molecular weight is 286 g/mol. The number of nitrogen functional groups attached to an aromatic ring is 1. The maximum Gasteiger partial charge on any atom is 0.253 e. The van der Waals surface area contributed by atoms with E-state index >= 15 is 0 Å². The monoisotopic (exact) mass is 286 g/mol. The van der Waals surface area contributed by atoms with E-state index in [4.69, 9.17) is 15.2 Å². The summed E-state index contributed by atoms with van der Waals surface area (Å²) in [5.74, 6) is 1.38. The molecule has 0 aliphatic heterocycles.